The van der Waals surface area contributed by atoms with Crippen LogP contribution in [0.15, 0.2) is 48.5 Å². The van der Waals surface area contributed by atoms with E-state index in [4.69, 9.17) is 4.74 Å². The number of carbonyl (C=O) groups excluding carboxylic acids is 2. The van der Waals surface area contributed by atoms with E-state index in [2.05, 4.69) is 4.90 Å². The molecule has 1 fully saturated rings. The van der Waals surface area contributed by atoms with E-state index in [0.717, 1.165) is 18.8 Å². The van der Waals surface area contributed by atoms with Gasteiger partial charge in [-0.25, -0.2) is 4.39 Å². The summed E-state index contributed by atoms with van der Waals surface area (Å²) in [6.45, 7) is 4.53. The third-order valence-electron chi connectivity index (χ3n) is 4.45. The summed E-state index contributed by atoms with van der Waals surface area (Å²) in [5, 5.41) is 0. The first-order valence-corrected chi connectivity index (χ1v) is 8.57. The molecule has 0 N–H and O–H groups in total. The molecular formula is C20H21FN2O3. The van der Waals surface area contributed by atoms with Crippen LogP contribution in [0.1, 0.15) is 12.5 Å². The van der Waals surface area contributed by atoms with Gasteiger partial charge in [-0.05, 0) is 35.9 Å². The van der Waals surface area contributed by atoms with Gasteiger partial charge >= 0.3 is 5.97 Å². The predicted molar refractivity (Wildman–Crippen MR) is 96.6 cm³/mol. The molecule has 2 aromatic carbocycles. The summed E-state index contributed by atoms with van der Waals surface area (Å²) < 4.78 is 18.9. The molecule has 0 spiro atoms. The van der Waals surface area contributed by atoms with Crippen molar-refractivity contribution in [3.05, 3.63) is 59.9 Å². The zero-order valence-corrected chi connectivity index (χ0v) is 14.7. The van der Waals surface area contributed by atoms with Gasteiger partial charge in [0.05, 0.1) is 6.42 Å². The number of carbonyl (C=O) groups is 2. The second-order valence-electron chi connectivity index (χ2n) is 6.23. The molecule has 1 amide bonds. The molecule has 5 nitrogen and oxygen atoms in total. The Bertz CT molecular complexity index is 784. The highest BCUT2D eigenvalue weighted by atomic mass is 19.1. The van der Waals surface area contributed by atoms with Crippen molar-refractivity contribution in [1.29, 1.82) is 0 Å². The van der Waals surface area contributed by atoms with Crippen LogP contribution in [0.2, 0.25) is 0 Å². The fraction of sp³-hybridized carbons (Fsp3) is 0.300. The summed E-state index contributed by atoms with van der Waals surface area (Å²) in [6.07, 6.45) is -0.110. The molecule has 1 aliphatic heterocycles. The number of esters is 1. The number of anilines is 1. The first-order valence-electron chi connectivity index (χ1n) is 8.57. The number of rotatable bonds is 4. The van der Waals surface area contributed by atoms with E-state index in [1.165, 1.54) is 6.07 Å². The lowest BCUT2D eigenvalue weighted by molar-refractivity contribution is -0.133. The Morgan fingerprint density at radius 1 is 1.00 bits per heavy atom. The van der Waals surface area contributed by atoms with Gasteiger partial charge in [-0.2, -0.15) is 0 Å². The third-order valence-corrected chi connectivity index (χ3v) is 4.45. The highest BCUT2D eigenvalue weighted by Gasteiger charge is 2.19. The molecule has 0 bridgehead atoms. The lowest BCUT2D eigenvalue weighted by atomic mass is 10.1. The summed E-state index contributed by atoms with van der Waals surface area (Å²) in [6, 6.07) is 13.4. The number of hydrogen-bond acceptors (Lipinski definition) is 4. The summed E-state index contributed by atoms with van der Waals surface area (Å²) in [7, 11) is 0. The average molecular weight is 356 g/mol. The highest BCUT2D eigenvalue weighted by molar-refractivity contribution is 5.75. The Balaban J connectivity index is 1.55. The SMILES string of the molecule is CC(=O)N1CCN(c2ccc(OC(=O)Cc3ccccc3F)cc2)CC1. The number of piperazine rings is 1. The van der Waals surface area contributed by atoms with Gasteiger partial charge < -0.3 is 14.5 Å². The maximum Gasteiger partial charge on any atom is 0.315 e. The second-order valence-corrected chi connectivity index (χ2v) is 6.23. The number of ether oxygens (including phenoxy) is 1. The number of halogens is 1. The first kappa shape index (κ1) is 17.9. The molecule has 26 heavy (non-hydrogen) atoms. The van der Waals surface area contributed by atoms with Gasteiger partial charge in [0.15, 0.2) is 0 Å². The van der Waals surface area contributed by atoms with Crippen LogP contribution in [0, 0.1) is 5.82 Å². The maximum atomic E-state index is 13.6. The largest absolute Gasteiger partial charge is 0.426 e. The summed E-state index contributed by atoms with van der Waals surface area (Å²) >= 11 is 0. The van der Waals surface area contributed by atoms with E-state index >= 15 is 0 Å². The summed E-state index contributed by atoms with van der Waals surface area (Å²) in [5.74, 6) is -0.387. The van der Waals surface area contributed by atoms with Crippen LogP contribution in [0.25, 0.3) is 0 Å². The van der Waals surface area contributed by atoms with Gasteiger partial charge in [0.25, 0.3) is 0 Å². The summed E-state index contributed by atoms with van der Waals surface area (Å²) in [4.78, 5) is 27.4. The van der Waals surface area contributed by atoms with E-state index in [1.807, 2.05) is 17.0 Å². The topological polar surface area (TPSA) is 49.9 Å². The molecule has 0 unspecified atom stereocenters. The minimum absolute atomic E-state index is 0.0989. The molecule has 6 heteroatoms. The van der Waals surface area contributed by atoms with E-state index in [1.54, 1.807) is 37.3 Å². The van der Waals surface area contributed by atoms with Crippen molar-refractivity contribution in [2.75, 3.05) is 31.1 Å². The number of benzene rings is 2. The lowest BCUT2D eigenvalue weighted by Gasteiger charge is -2.35. The van der Waals surface area contributed by atoms with Crippen LogP contribution >= 0.6 is 0 Å². The highest BCUT2D eigenvalue weighted by Crippen LogP contribution is 2.21. The fourth-order valence-electron chi connectivity index (χ4n) is 2.97. The van der Waals surface area contributed by atoms with Gasteiger partial charge in [-0.3, -0.25) is 9.59 Å². The van der Waals surface area contributed by atoms with E-state index in [9.17, 15) is 14.0 Å². The minimum atomic E-state index is -0.502. The number of amides is 1. The zero-order chi connectivity index (χ0) is 18.5. The molecular weight excluding hydrogens is 335 g/mol. The molecule has 136 valence electrons. The Kier molecular flexibility index (Phi) is 5.51. The lowest BCUT2D eigenvalue weighted by Crippen LogP contribution is -2.48. The molecule has 1 saturated heterocycles. The van der Waals surface area contributed by atoms with Crippen molar-refractivity contribution in [3.63, 3.8) is 0 Å². The van der Waals surface area contributed by atoms with Gasteiger partial charge in [-0.15, -0.1) is 0 Å². The molecule has 0 saturated carbocycles. The minimum Gasteiger partial charge on any atom is -0.426 e. The zero-order valence-electron chi connectivity index (χ0n) is 14.7. The number of hydrogen-bond donors (Lipinski definition) is 0. The van der Waals surface area contributed by atoms with E-state index in [-0.39, 0.29) is 12.3 Å². The van der Waals surface area contributed by atoms with E-state index in [0.29, 0.717) is 24.4 Å². The Hall–Kier alpha value is -2.89. The number of nitrogens with zero attached hydrogens (tertiary/aromatic N) is 2. The Morgan fingerprint density at radius 3 is 2.27 bits per heavy atom. The van der Waals surface area contributed by atoms with Crippen molar-refractivity contribution in [2.45, 2.75) is 13.3 Å². The van der Waals surface area contributed by atoms with Gasteiger partial charge in [-0.1, -0.05) is 18.2 Å². The fourth-order valence-corrected chi connectivity index (χ4v) is 2.97. The monoisotopic (exact) mass is 356 g/mol. The summed E-state index contributed by atoms with van der Waals surface area (Å²) in [5.41, 5.74) is 1.33. The van der Waals surface area contributed by atoms with Gasteiger partial charge in [0.1, 0.15) is 11.6 Å². The van der Waals surface area contributed by atoms with Crippen molar-refractivity contribution in [3.8, 4) is 5.75 Å². The van der Waals surface area contributed by atoms with Crippen LogP contribution < -0.4 is 9.64 Å². The third kappa shape index (κ3) is 4.39. The van der Waals surface area contributed by atoms with Gasteiger partial charge in [0.2, 0.25) is 5.91 Å². The van der Waals surface area contributed by atoms with Crippen LogP contribution in [0.3, 0.4) is 0 Å². The van der Waals surface area contributed by atoms with Crippen LogP contribution in [0.5, 0.6) is 5.75 Å². The Labute approximate surface area is 152 Å². The quantitative estimate of drug-likeness (QED) is 0.624. The van der Waals surface area contributed by atoms with Crippen molar-refractivity contribution < 1.29 is 18.7 Å². The second kappa shape index (κ2) is 7.99. The average Bonchev–Trinajstić information content (AvgIpc) is 2.64. The van der Waals surface area contributed by atoms with Crippen molar-refractivity contribution >= 4 is 17.6 Å². The molecule has 0 radical (unpaired) electrons. The molecule has 1 aliphatic rings. The van der Waals surface area contributed by atoms with Crippen LogP contribution in [-0.4, -0.2) is 43.0 Å². The Morgan fingerprint density at radius 2 is 1.65 bits per heavy atom. The van der Waals surface area contributed by atoms with Crippen molar-refractivity contribution in [1.82, 2.24) is 4.90 Å². The van der Waals surface area contributed by atoms with E-state index < -0.39 is 11.8 Å². The molecule has 2 aromatic rings. The maximum absolute atomic E-state index is 13.6. The van der Waals surface area contributed by atoms with Crippen LogP contribution in [0.4, 0.5) is 10.1 Å². The molecule has 0 aromatic heterocycles. The first-order chi connectivity index (χ1) is 12.5. The molecule has 1 heterocycles. The van der Waals surface area contributed by atoms with Crippen molar-refractivity contribution in [2.24, 2.45) is 0 Å². The standard InChI is InChI=1S/C20H21FN2O3/c1-15(24)22-10-12-23(13-11-22)17-6-8-18(9-7-17)26-20(25)14-16-4-2-3-5-19(16)21/h2-9H,10-14H2,1H3. The predicted octanol–water partition coefficient (Wildman–Crippen LogP) is 2.64. The molecule has 3 rings (SSSR count). The molecule has 0 atom stereocenters. The normalized spacial score (nSPS) is 14.2. The molecule has 0 aliphatic carbocycles. The smallest absolute Gasteiger partial charge is 0.315 e. The van der Waals surface area contributed by atoms with Crippen LogP contribution in [-0.2, 0) is 16.0 Å². The van der Waals surface area contributed by atoms with Gasteiger partial charge in [0, 0.05) is 38.8 Å².